The third kappa shape index (κ3) is 2.73. The summed E-state index contributed by atoms with van der Waals surface area (Å²) in [5.74, 6) is -0.133. The molecule has 2 nitrogen and oxygen atoms in total. The second-order valence-electron chi connectivity index (χ2n) is 3.35. The summed E-state index contributed by atoms with van der Waals surface area (Å²) in [6.07, 6.45) is 1.28. The maximum Gasteiger partial charge on any atom is 0.243 e. The predicted molar refractivity (Wildman–Crippen MR) is 58.0 cm³/mol. The van der Waals surface area contributed by atoms with Gasteiger partial charge in [0.25, 0.3) is 0 Å². The number of amides is 1. The second kappa shape index (κ2) is 4.61. The van der Waals surface area contributed by atoms with Crippen molar-refractivity contribution in [3.8, 4) is 0 Å². The van der Waals surface area contributed by atoms with Crippen LogP contribution in [0.5, 0.6) is 0 Å². The molecular weight excluding hydrogens is 174 g/mol. The molecule has 1 amide bonds. The van der Waals surface area contributed by atoms with Crippen molar-refractivity contribution in [2.75, 3.05) is 0 Å². The molecule has 0 fully saturated rings. The number of aryl methyl sites for hydroxylation is 2. The Morgan fingerprint density at radius 1 is 1.50 bits per heavy atom. The van der Waals surface area contributed by atoms with Crippen LogP contribution in [0.15, 0.2) is 30.9 Å². The smallest absolute Gasteiger partial charge is 0.243 e. The van der Waals surface area contributed by atoms with E-state index in [-0.39, 0.29) is 5.91 Å². The fourth-order valence-electron chi connectivity index (χ4n) is 1.25. The van der Waals surface area contributed by atoms with Gasteiger partial charge in [0.15, 0.2) is 0 Å². The summed E-state index contributed by atoms with van der Waals surface area (Å²) in [5, 5.41) is 2.76. The van der Waals surface area contributed by atoms with E-state index in [0.29, 0.717) is 6.54 Å². The average molecular weight is 189 g/mol. The van der Waals surface area contributed by atoms with E-state index in [1.165, 1.54) is 17.2 Å². The molecule has 0 aliphatic carbocycles. The number of carbonyl (C=O) groups excluding carboxylic acids is 1. The molecule has 0 bridgehead atoms. The van der Waals surface area contributed by atoms with E-state index in [2.05, 4.69) is 30.1 Å². The van der Waals surface area contributed by atoms with E-state index in [1.807, 2.05) is 13.8 Å². The molecule has 0 spiro atoms. The number of nitrogens with one attached hydrogen (secondary N) is 1. The van der Waals surface area contributed by atoms with Crippen LogP contribution in [0.1, 0.15) is 16.7 Å². The first-order valence-corrected chi connectivity index (χ1v) is 4.60. The van der Waals surface area contributed by atoms with Gasteiger partial charge in [0.2, 0.25) is 5.91 Å². The molecule has 0 aliphatic heterocycles. The number of carbonyl (C=O) groups is 1. The molecule has 1 aromatic carbocycles. The van der Waals surface area contributed by atoms with Crippen LogP contribution in [-0.2, 0) is 11.3 Å². The zero-order valence-electron chi connectivity index (χ0n) is 8.63. The highest BCUT2D eigenvalue weighted by molar-refractivity contribution is 5.86. The van der Waals surface area contributed by atoms with Crippen LogP contribution in [0.4, 0.5) is 0 Å². The van der Waals surface area contributed by atoms with Gasteiger partial charge in [0, 0.05) is 6.54 Å². The highest BCUT2D eigenvalue weighted by atomic mass is 16.1. The Morgan fingerprint density at radius 2 is 2.21 bits per heavy atom. The van der Waals surface area contributed by atoms with Crippen LogP contribution >= 0.6 is 0 Å². The number of hydrogen-bond donors (Lipinski definition) is 1. The lowest BCUT2D eigenvalue weighted by Crippen LogP contribution is -2.20. The second-order valence-corrected chi connectivity index (χ2v) is 3.35. The fraction of sp³-hybridized carbons (Fsp3) is 0.250. The summed E-state index contributed by atoms with van der Waals surface area (Å²) in [6.45, 7) is 8.05. The minimum absolute atomic E-state index is 0.133. The molecule has 1 aromatic rings. The quantitative estimate of drug-likeness (QED) is 0.725. The van der Waals surface area contributed by atoms with Gasteiger partial charge in [-0.3, -0.25) is 4.79 Å². The van der Waals surface area contributed by atoms with Gasteiger partial charge in [0.1, 0.15) is 0 Å². The zero-order valence-corrected chi connectivity index (χ0v) is 8.63. The third-order valence-electron chi connectivity index (χ3n) is 2.14. The largest absolute Gasteiger partial charge is 0.348 e. The summed E-state index contributed by atoms with van der Waals surface area (Å²) in [5.41, 5.74) is 3.55. The Labute approximate surface area is 84.6 Å². The molecule has 0 unspecified atom stereocenters. The molecule has 0 saturated heterocycles. The Bertz CT molecular complexity index is 355. The summed E-state index contributed by atoms with van der Waals surface area (Å²) in [7, 11) is 0. The van der Waals surface area contributed by atoms with E-state index in [0.717, 1.165) is 5.56 Å². The van der Waals surface area contributed by atoms with Crippen molar-refractivity contribution in [1.29, 1.82) is 0 Å². The first kappa shape index (κ1) is 10.5. The van der Waals surface area contributed by atoms with Crippen LogP contribution in [0.3, 0.4) is 0 Å². The Kier molecular flexibility index (Phi) is 3.46. The van der Waals surface area contributed by atoms with Crippen LogP contribution < -0.4 is 5.32 Å². The van der Waals surface area contributed by atoms with E-state index < -0.39 is 0 Å². The fourth-order valence-corrected chi connectivity index (χ4v) is 1.25. The van der Waals surface area contributed by atoms with Crippen molar-refractivity contribution < 1.29 is 4.79 Å². The molecule has 1 N–H and O–H groups in total. The SMILES string of the molecule is C=CC(=O)NCc1cc(C)ccc1C. The minimum atomic E-state index is -0.133. The van der Waals surface area contributed by atoms with Crippen molar-refractivity contribution in [3.05, 3.63) is 47.5 Å². The van der Waals surface area contributed by atoms with Crippen LogP contribution in [-0.4, -0.2) is 5.91 Å². The molecular formula is C12H15NO. The van der Waals surface area contributed by atoms with E-state index in [4.69, 9.17) is 0 Å². The van der Waals surface area contributed by atoms with E-state index in [1.54, 1.807) is 0 Å². The molecule has 0 saturated carbocycles. The number of benzene rings is 1. The van der Waals surface area contributed by atoms with Crippen molar-refractivity contribution in [3.63, 3.8) is 0 Å². The minimum Gasteiger partial charge on any atom is -0.348 e. The third-order valence-corrected chi connectivity index (χ3v) is 2.14. The molecule has 0 heterocycles. The first-order valence-electron chi connectivity index (χ1n) is 4.60. The molecule has 2 heteroatoms. The predicted octanol–water partition coefficient (Wildman–Crippen LogP) is 2.11. The Balaban J connectivity index is 2.71. The molecule has 0 atom stereocenters. The maximum atomic E-state index is 11.0. The summed E-state index contributed by atoms with van der Waals surface area (Å²) >= 11 is 0. The lowest BCUT2D eigenvalue weighted by molar-refractivity contribution is -0.116. The lowest BCUT2D eigenvalue weighted by Gasteiger charge is -2.07. The van der Waals surface area contributed by atoms with Crippen molar-refractivity contribution in [2.24, 2.45) is 0 Å². The summed E-state index contributed by atoms with van der Waals surface area (Å²) < 4.78 is 0. The molecule has 0 radical (unpaired) electrons. The maximum absolute atomic E-state index is 11.0. The van der Waals surface area contributed by atoms with Crippen LogP contribution in [0.25, 0.3) is 0 Å². The van der Waals surface area contributed by atoms with Crippen molar-refractivity contribution in [2.45, 2.75) is 20.4 Å². The average Bonchev–Trinajstić information content (AvgIpc) is 2.19. The summed E-state index contributed by atoms with van der Waals surface area (Å²) in [6, 6.07) is 6.21. The van der Waals surface area contributed by atoms with Gasteiger partial charge in [-0.15, -0.1) is 0 Å². The lowest BCUT2D eigenvalue weighted by atomic mass is 10.1. The van der Waals surface area contributed by atoms with Crippen LogP contribution in [0, 0.1) is 13.8 Å². The van der Waals surface area contributed by atoms with Crippen molar-refractivity contribution >= 4 is 5.91 Å². The number of rotatable bonds is 3. The van der Waals surface area contributed by atoms with Crippen molar-refractivity contribution in [1.82, 2.24) is 5.32 Å². The Morgan fingerprint density at radius 3 is 2.86 bits per heavy atom. The highest BCUT2D eigenvalue weighted by Crippen LogP contribution is 2.09. The van der Waals surface area contributed by atoms with E-state index >= 15 is 0 Å². The topological polar surface area (TPSA) is 29.1 Å². The van der Waals surface area contributed by atoms with Gasteiger partial charge >= 0.3 is 0 Å². The van der Waals surface area contributed by atoms with Crippen LogP contribution in [0.2, 0.25) is 0 Å². The van der Waals surface area contributed by atoms with Gasteiger partial charge in [0.05, 0.1) is 0 Å². The summed E-state index contributed by atoms with van der Waals surface area (Å²) in [4.78, 5) is 11.0. The molecule has 0 aromatic heterocycles. The Hall–Kier alpha value is -1.57. The van der Waals surface area contributed by atoms with Gasteiger partial charge in [-0.1, -0.05) is 30.3 Å². The number of hydrogen-bond acceptors (Lipinski definition) is 1. The van der Waals surface area contributed by atoms with Gasteiger partial charge < -0.3 is 5.32 Å². The molecule has 1 rings (SSSR count). The first-order chi connectivity index (χ1) is 6.63. The monoisotopic (exact) mass is 189 g/mol. The normalized spacial score (nSPS) is 9.57. The van der Waals surface area contributed by atoms with Gasteiger partial charge in [-0.25, -0.2) is 0 Å². The molecule has 14 heavy (non-hydrogen) atoms. The van der Waals surface area contributed by atoms with Gasteiger partial charge in [-0.2, -0.15) is 0 Å². The standard InChI is InChI=1S/C12H15NO/c1-4-12(14)13-8-11-7-9(2)5-6-10(11)3/h4-7H,1,8H2,2-3H3,(H,13,14). The van der Waals surface area contributed by atoms with Gasteiger partial charge in [-0.05, 0) is 31.1 Å². The zero-order chi connectivity index (χ0) is 10.6. The highest BCUT2D eigenvalue weighted by Gasteiger charge is 1.99. The molecule has 0 aliphatic rings. The molecule has 74 valence electrons. The van der Waals surface area contributed by atoms with E-state index in [9.17, 15) is 4.79 Å².